The lowest BCUT2D eigenvalue weighted by Gasteiger charge is -2.45. The SMILES string of the molecule is CCC1(CC)CC2(NC(=O)N(CCCCN3CCC(O)CC3)C2=O)c2cc(Br)ccc2O1. The summed E-state index contributed by atoms with van der Waals surface area (Å²) in [5.41, 5.74) is -0.834. The molecule has 8 heteroatoms. The van der Waals surface area contributed by atoms with Gasteiger partial charge in [0.1, 0.15) is 11.4 Å². The zero-order valence-corrected chi connectivity index (χ0v) is 20.6. The van der Waals surface area contributed by atoms with Crippen LogP contribution >= 0.6 is 15.9 Å². The first-order valence-corrected chi connectivity index (χ1v) is 12.7. The highest BCUT2D eigenvalue weighted by Crippen LogP contribution is 2.49. The first-order valence-electron chi connectivity index (χ1n) is 11.9. The van der Waals surface area contributed by atoms with Crippen molar-refractivity contribution in [2.75, 3.05) is 26.2 Å². The number of rotatable bonds is 7. The van der Waals surface area contributed by atoms with E-state index in [1.807, 2.05) is 18.2 Å². The number of unbranched alkanes of at least 4 members (excludes halogenated alkanes) is 1. The summed E-state index contributed by atoms with van der Waals surface area (Å²) in [5, 5.41) is 12.7. The number of carbonyl (C=O) groups excluding carboxylic acids is 2. The van der Waals surface area contributed by atoms with Crippen molar-refractivity contribution in [3.63, 3.8) is 0 Å². The summed E-state index contributed by atoms with van der Waals surface area (Å²) in [7, 11) is 0. The molecule has 0 saturated carbocycles. The van der Waals surface area contributed by atoms with Gasteiger partial charge in [-0.3, -0.25) is 9.69 Å². The molecule has 1 spiro atoms. The van der Waals surface area contributed by atoms with Gasteiger partial charge in [0.2, 0.25) is 0 Å². The van der Waals surface area contributed by atoms with Crippen molar-refractivity contribution in [2.45, 2.75) is 76.0 Å². The number of likely N-dealkylation sites (tertiary alicyclic amines) is 1. The van der Waals surface area contributed by atoms with E-state index < -0.39 is 11.1 Å². The van der Waals surface area contributed by atoms with Crippen LogP contribution in [0.1, 0.15) is 64.4 Å². The Labute approximate surface area is 198 Å². The number of fused-ring (bicyclic) bond motifs is 2. The van der Waals surface area contributed by atoms with Gasteiger partial charge in [-0.25, -0.2) is 4.79 Å². The molecule has 0 aromatic heterocycles. The maximum Gasteiger partial charge on any atom is 0.325 e. The number of benzene rings is 1. The number of piperidine rings is 1. The van der Waals surface area contributed by atoms with E-state index in [1.165, 1.54) is 4.90 Å². The largest absolute Gasteiger partial charge is 0.487 e. The Morgan fingerprint density at radius 2 is 1.84 bits per heavy atom. The van der Waals surface area contributed by atoms with E-state index in [9.17, 15) is 14.7 Å². The second-order valence-electron chi connectivity index (χ2n) is 9.38. The zero-order valence-electron chi connectivity index (χ0n) is 19.0. The molecule has 7 nitrogen and oxygen atoms in total. The monoisotopic (exact) mass is 507 g/mol. The summed E-state index contributed by atoms with van der Waals surface area (Å²) in [6.45, 7) is 7.31. The van der Waals surface area contributed by atoms with Gasteiger partial charge in [0, 0.05) is 36.1 Å². The maximum atomic E-state index is 13.8. The van der Waals surface area contributed by atoms with Gasteiger partial charge in [0.15, 0.2) is 5.54 Å². The van der Waals surface area contributed by atoms with Crippen LogP contribution in [0.2, 0.25) is 0 Å². The molecule has 1 aromatic carbocycles. The standard InChI is InChI=1S/C24H34BrN3O4/c1-3-23(4-2)16-24(19-15-17(25)7-8-20(19)32-23)21(30)28(22(31)26-24)12-6-5-11-27-13-9-18(29)10-14-27/h7-8,15,18,29H,3-6,9-14,16H2,1-2H3,(H,26,31). The summed E-state index contributed by atoms with van der Waals surface area (Å²) < 4.78 is 7.24. The molecule has 176 valence electrons. The highest BCUT2D eigenvalue weighted by Gasteiger charge is 2.59. The van der Waals surface area contributed by atoms with Crippen LogP contribution in [0, 0.1) is 0 Å². The third-order valence-electron chi connectivity index (χ3n) is 7.44. The van der Waals surface area contributed by atoms with Gasteiger partial charge in [0.05, 0.1) is 6.10 Å². The topological polar surface area (TPSA) is 82.1 Å². The summed E-state index contributed by atoms with van der Waals surface area (Å²) in [6.07, 6.45) is 5.11. The summed E-state index contributed by atoms with van der Waals surface area (Å²) in [6, 6.07) is 5.38. The third-order valence-corrected chi connectivity index (χ3v) is 7.94. The molecule has 1 atom stereocenters. The number of aliphatic hydroxyl groups excluding tert-OH is 1. The quantitative estimate of drug-likeness (QED) is 0.433. The number of hydrogen-bond donors (Lipinski definition) is 2. The van der Waals surface area contributed by atoms with Crippen molar-refractivity contribution >= 4 is 27.9 Å². The molecule has 0 radical (unpaired) electrons. The molecule has 0 aliphatic carbocycles. The number of imide groups is 1. The van der Waals surface area contributed by atoms with Crippen LogP contribution in [0.5, 0.6) is 5.75 Å². The van der Waals surface area contributed by atoms with Gasteiger partial charge in [-0.05, 0) is 63.3 Å². The zero-order chi connectivity index (χ0) is 22.9. The molecule has 1 aromatic rings. The van der Waals surface area contributed by atoms with E-state index >= 15 is 0 Å². The highest BCUT2D eigenvalue weighted by molar-refractivity contribution is 9.10. The van der Waals surface area contributed by atoms with Crippen LogP contribution < -0.4 is 10.1 Å². The fourth-order valence-corrected chi connectivity index (χ4v) is 5.66. The smallest absolute Gasteiger partial charge is 0.325 e. The van der Waals surface area contributed by atoms with E-state index in [0.717, 1.165) is 68.2 Å². The minimum Gasteiger partial charge on any atom is -0.487 e. The number of halogens is 1. The number of urea groups is 1. The first kappa shape index (κ1) is 23.5. The second kappa shape index (κ2) is 9.31. The molecule has 0 bridgehead atoms. The maximum absolute atomic E-state index is 13.8. The molecule has 2 N–H and O–H groups in total. The van der Waals surface area contributed by atoms with E-state index in [0.29, 0.717) is 18.7 Å². The first-order chi connectivity index (χ1) is 15.3. The van der Waals surface area contributed by atoms with Crippen molar-refractivity contribution in [1.29, 1.82) is 0 Å². The summed E-state index contributed by atoms with van der Waals surface area (Å²) in [4.78, 5) is 30.5. The van der Waals surface area contributed by atoms with Crippen LogP contribution in [0.15, 0.2) is 22.7 Å². The van der Waals surface area contributed by atoms with Gasteiger partial charge in [-0.1, -0.05) is 29.8 Å². The van der Waals surface area contributed by atoms with Gasteiger partial charge in [0.25, 0.3) is 5.91 Å². The average Bonchev–Trinajstić information content (AvgIpc) is 3.02. The molecular formula is C24H34BrN3O4. The molecule has 32 heavy (non-hydrogen) atoms. The fourth-order valence-electron chi connectivity index (χ4n) is 5.30. The Morgan fingerprint density at radius 3 is 2.53 bits per heavy atom. The number of ether oxygens (including phenoxy) is 1. The Kier molecular flexibility index (Phi) is 6.84. The number of nitrogens with one attached hydrogen (secondary N) is 1. The molecule has 2 fully saturated rings. The van der Waals surface area contributed by atoms with Crippen LogP contribution in [0.3, 0.4) is 0 Å². The Morgan fingerprint density at radius 1 is 1.16 bits per heavy atom. The van der Waals surface area contributed by atoms with Gasteiger partial charge in [-0.15, -0.1) is 0 Å². The Bertz CT molecular complexity index is 867. The van der Waals surface area contributed by atoms with Crippen molar-refractivity contribution in [3.05, 3.63) is 28.2 Å². The number of hydrogen-bond acceptors (Lipinski definition) is 5. The van der Waals surface area contributed by atoms with Crippen molar-refractivity contribution in [3.8, 4) is 5.75 Å². The van der Waals surface area contributed by atoms with E-state index in [-0.39, 0.29) is 18.0 Å². The van der Waals surface area contributed by atoms with Crippen LogP contribution in [0.25, 0.3) is 0 Å². The predicted octanol–water partition coefficient (Wildman–Crippen LogP) is 3.77. The van der Waals surface area contributed by atoms with E-state index in [2.05, 4.69) is 40.0 Å². The Balaban J connectivity index is 1.48. The molecule has 1 unspecified atom stereocenters. The predicted molar refractivity (Wildman–Crippen MR) is 126 cm³/mol. The van der Waals surface area contributed by atoms with Crippen LogP contribution in [0.4, 0.5) is 4.79 Å². The van der Waals surface area contributed by atoms with Crippen molar-refractivity contribution in [2.24, 2.45) is 0 Å². The molecular weight excluding hydrogens is 474 g/mol. The van der Waals surface area contributed by atoms with Crippen LogP contribution in [-0.2, 0) is 10.3 Å². The molecule has 3 heterocycles. The molecule has 3 aliphatic heterocycles. The van der Waals surface area contributed by atoms with Gasteiger partial charge >= 0.3 is 6.03 Å². The summed E-state index contributed by atoms with van der Waals surface area (Å²) in [5.74, 6) is 0.503. The minimum atomic E-state index is -1.08. The lowest BCUT2D eigenvalue weighted by Crippen LogP contribution is -2.55. The van der Waals surface area contributed by atoms with Gasteiger partial charge in [-0.2, -0.15) is 0 Å². The van der Waals surface area contributed by atoms with E-state index in [4.69, 9.17) is 4.74 Å². The van der Waals surface area contributed by atoms with Crippen LogP contribution in [-0.4, -0.2) is 64.7 Å². The lowest BCUT2D eigenvalue weighted by atomic mass is 9.74. The normalized spacial score (nSPS) is 25.7. The lowest BCUT2D eigenvalue weighted by molar-refractivity contribution is -0.135. The number of nitrogens with zero attached hydrogens (tertiary/aromatic N) is 2. The molecule has 4 rings (SSSR count). The number of aliphatic hydroxyl groups is 1. The average molecular weight is 508 g/mol. The number of amides is 3. The molecule has 3 aliphatic rings. The minimum absolute atomic E-state index is 0.169. The third kappa shape index (κ3) is 4.29. The van der Waals surface area contributed by atoms with Gasteiger partial charge < -0.3 is 20.1 Å². The highest BCUT2D eigenvalue weighted by atomic mass is 79.9. The molecule has 2 saturated heterocycles. The van der Waals surface area contributed by atoms with Crippen molar-refractivity contribution in [1.82, 2.24) is 15.1 Å². The molecule has 3 amide bonds. The fraction of sp³-hybridized carbons (Fsp3) is 0.667. The Hall–Kier alpha value is -1.64. The van der Waals surface area contributed by atoms with Crippen molar-refractivity contribution < 1.29 is 19.4 Å². The second-order valence-corrected chi connectivity index (χ2v) is 10.3. The number of carbonyl (C=O) groups is 2. The van der Waals surface area contributed by atoms with E-state index in [1.54, 1.807) is 0 Å². The summed E-state index contributed by atoms with van der Waals surface area (Å²) >= 11 is 3.51.